The number of anilines is 2. The molecule has 1 heterocycles. The van der Waals surface area contributed by atoms with Crippen LogP contribution in [-0.4, -0.2) is 32.0 Å². The van der Waals surface area contributed by atoms with Gasteiger partial charge < -0.3 is 10.6 Å². The maximum Gasteiger partial charge on any atom is 0.294 e. The zero-order chi connectivity index (χ0) is 21.8. The van der Waals surface area contributed by atoms with Crippen LogP contribution >= 0.6 is 0 Å². The molecule has 0 radical (unpaired) electrons. The first kappa shape index (κ1) is 20.1. The molecule has 0 unspecified atom stereocenters. The SMILES string of the molecule is Cc1c(N)cc2c(nc3ccc(N(C)C)cc3[n+]2-c2cccc(S(=O)(=O)O)c2)c1C. The average molecular weight is 424 g/mol. The highest BCUT2D eigenvalue weighted by atomic mass is 32.2. The minimum Gasteiger partial charge on any atom is -0.398 e. The fourth-order valence-corrected chi connectivity index (χ4v) is 4.12. The van der Waals surface area contributed by atoms with Crippen molar-refractivity contribution >= 4 is 43.6 Å². The maximum absolute atomic E-state index is 11.7. The minimum atomic E-state index is -4.35. The summed E-state index contributed by atoms with van der Waals surface area (Å²) in [6, 6.07) is 14.0. The first-order valence-electron chi connectivity index (χ1n) is 9.38. The second-order valence-electron chi connectivity index (χ2n) is 7.57. The van der Waals surface area contributed by atoms with E-state index in [0.29, 0.717) is 11.4 Å². The summed E-state index contributed by atoms with van der Waals surface area (Å²) in [6.07, 6.45) is 0. The molecule has 0 bridgehead atoms. The fourth-order valence-electron chi connectivity index (χ4n) is 3.60. The molecule has 4 aromatic rings. The van der Waals surface area contributed by atoms with E-state index in [9.17, 15) is 13.0 Å². The molecule has 0 atom stereocenters. The molecular formula is C22H23N4O3S+. The number of hydrogen-bond acceptors (Lipinski definition) is 5. The molecule has 0 spiro atoms. The topological polar surface area (TPSA) is 100 Å². The van der Waals surface area contributed by atoms with Crippen molar-refractivity contribution in [2.75, 3.05) is 24.7 Å². The molecule has 0 fully saturated rings. The number of benzene rings is 3. The normalized spacial score (nSPS) is 11.9. The largest absolute Gasteiger partial charge is 0.398 e. The number of rotatable bonds is 3. The number of aromatic nitrogens is 2. The Kier molecular flexibility index (Phi) is 4.63. The standard InChI is InChI=1S/C22H22N4O3S/c1-13-14(2)22-21(12-18(13)23)26(16-6-5-7-17(10-16)30(27,28)29)20-11-15(25(3)4)8-9-19(20)24-22/h5-12,23H,1-4H3,(H,27,28,29)/p+1. The lowest BCUT2D eigenvalue weighted by molar-refractivity contribution is -0.538. The Morgan fingerprint density at radius 3 is 2.40 bits per heavy atom. The van der Waals surface area contributed by atoms with Crippen molar-refractivity contribution in [2.45, 2.75) is 18.7 Å². The molecule has 0 aliphatic heterocycles. The second kappa shape index (κ2) is 6.93. The van der Waals surface area contributed by atoms with Crippen molar-refractivity contribution in [1.29, 1.82) is 0 Å². The lowest BCUT2D eigenvalue weighted by Crippen LogP contribution is -2.34. The van der Waals surface area contributed by atoms with E-state index in [4.69, 9.17) is 10.7 Å². The first-order valence-corrected chi connectivity index (χ1v) is 10.8. The smallest absolute Gasteiger partial charge is 0.294 e. The number of fused-ring (bicyclic) bond motifs is 2. The molecule has 1 aromatic heterocycles. The molecule has 3 N–H and O–H groups in total. The van der Waals surface area contributed by atoms with Gasteiger partial charge in [0.1, 0.15) is 15.9 Å². The van der Waals surface area contributed by atoms with Crippen LogP contribution in [0.25, 0.3) is 27.8 Å². The van der Waals surface area contributed by atoms with Gasteiger partial charge in [-0.15, -0.1) is 4.57 Å². The van der Waals surface area contributed by atoms with Crippen LogP contribution in [0.15, 0.2) is 53.4 Å². The van der Waals surface area contributed by atoms with E-state index in [-0.39, 0.29) is 4.90 Å². The van der Waals surface area contributed by atoms with Crippen molar-refractivity contribution in [1.82, 2.24) is 4.98 Å². The third-order valence-corrected chi connectivity index (χ3v) is 6.30. The molecule has 0 aliphatic rings. The van der Waals surface area contributed by atoms with Crippen molar-refractivity contribution in [3.05, 3.63) is 59.7 Å². The molecule has 3 aromatic carbocycles. The van der Waals surface area contributed by atoms with Gasteiger partial charge in [-0.3, -0.25) is 4.55 Å². The van der Waals surface area contributed by atoms with Gasteiger partial charge >= 0.3 is 0 Å². The zero-order valence-electron chi connectivity index (χ0n) is 17.2. The minimum absolute atomic E-state index is 0.175. The molecule has 8 heteroatoms. The molecule has 0 saturated heterocycles. The highest BCUT2D eigenvalue weighted by Gasteiger charge is 2.24. The van der Waals surface area contributed by atoms with Gasteiger partial charge in [-0.05, 0) is 43.2 Å². The second-order valence-corrected chi connectivity index (χ2v) is 8.99. The number of nitrogen functional groups attached to an aromatic ring is 1. The third kappa shape index (κ3) is 3.24. The first-order chi connectivity index (χ1) is 14.1. The van der Waals surface area contributed by atoms with Crippen molar-refractivity contribution in [2.24, 2.45) is 0 Å². The molecule has 0 aliphatic carbocycles. The molecule has 0 amide bonds. The van der Waals surface area contributed by atoms with Crippen LogP contribution in [0.5, 0.6) is 0 Å². The molecule has 154 valence electrons. The van der Waals surface area contributed by atoms with Gasteiger partial charge in [0, 0.05) is 49.7 Å². The van der Waals surface area contributed by atoms with Crippen molar-refractivity contribution in [3.8, 4) is 5.69 Å². The van der Waals surface area contributed by atoms with Crippen LogP contribution in [0.3, 0.4) is 0 Å². The molecular weight excluding hydrogens is 400 g/mol. The lowest BCUT2D eigenvalue weighted by atomic mass is 10.0. The van der Waals surface area contributed by atoms with Gasteiger partial charge in [0.15, 0.2) is 0 Å². The summed E-state index contributed by atoms with van der Waals surface area (Å²) in [6.45, 7) is 3.93. The van der Waals surface area contributed by atoms with Gasteiger partial charge in [-0.25, -0.2) is 4.98 Å². The summed E-state index contributed by atoms with van der Waals surface area (Å²) in [5.74, 6) is 0. The summed E-state index contributed by atoms with van der Waals surface area (Å²) in [4.78, 5) is 6.68. The summed E-state index contributed by atoms with van der Waals surface area (Å²) in [5, 5.41) is 0. The van der Waals surface area contributed by atoms with E-state index in [1.807, 2.05) is 61.7 Å². The maximum atomic E-state index is 11.7. The molecule has 7 nitrogen and oxygen atoms in total. The van der Waals surface area contributed by atoms with E-state index in [0.717, 1.165) is 38.9 Å². The van der Waals surface area contributed by atoms with Gasteiger partial charge in [0.05, 0.1) is 0 Å². The number of nitrogens with zero attached hydrogens (tertiary/aromatic N) is 3. The van der Waals surface area contributed by atoms with Crippen LogP contribution in [0.2, 0.25) is 0 Å². The van der Waals surface area contributed by atoms with Crippen LogP contribution in [0.1, 0.15) is 11.1 Å². The summed E-state index contributed by atoms with van der Waals surface area (Å²) < 4.78 is 35.0. The van der Waals surface area contributed by atoms with E-state index < -0.39 is 10.1 Å². The lowest BCUT2D eigenvalue weighted by Gasteiger charge is -2.14. The van der Waals surface area contributed by atoms with Crippen LogP contribution in [0, 0.1) is 13.8 Å². The summed E-state index contributed by atoms with van der Waals surface area (Å²) in [5.41, 5.74) is 13.5. The Morgan fingerprint density at radius 1 is 1.00 bits per heavy atom. The predicted molar refractivity (Wildman–Crippen MR) is 119 cm³/mol. The van der Waals surface area contributed by atoms with E-state index >= 15 is 0 Å². The molecule has 30 heavy (non-hydrogen) atoms. The Labute approximate surface area is 175 Å². The Bertz CT molecular complexity index is 1430. The highest BCUT2D eigenvalue weighted by molar-refractivity contribution is 7.85. The van der Waals surface area contributed by atoms with E-state index in [2.05, 4.69) is 0 Å². The predicted octanol–water partition coefficient (Wildman–Crippen LogP) is 3.18. The Morgan fingerprint density at radius 2 is 1.73 bits per heavy atom. The number of nitrogens with two attached hydrogens (primary N) is 1. The molecule has 4 rings (SSSR count). The highest BCUT2D eigenvalue weighted by Crippen LogP contribution is 2.28. The summed E-state index contributed by atoms with van der Waals surface area (Å²) in [7, 11) is -0.449. The van der Waals surface area contributed by atoms with Gasteiger partial charge in [0.2, 0.25) is 16.7 Å². The summed E-state index contributed by atoms with van der Waals surface area (Å²) >= 11 is 0. The fraction of sp³-hybridized carbons (Fsp3) is 0.182. The van der Waals surface area contributed by atoms with Gasteiger partial charge in [0.25, 0.3) is 10.1 Å². The third-order valence-electron chi connectivity index (χ3n) is 5.45. The van der Waals surface area contributed by atoms with E-state index in [1.165, 1.54) is 12.1 Å². The zero-order valence-corrected chi connectivity index (χ0v) is 18.0. The van der Waals surface area contributed by atoms with Crippen LogP contribution < -0.4 is 15.2 Å². The molecule has 0 saturated carbocycles. The van der Waals surface area contributed by atoms with Crippen molar-refractivity contribution in [3.63, 3.8) is 0 Å². The average Bonchev–Trinajstić information content (AvgIpc) is 2.70. The van der Waals surface area contributed by atoms with Crippen molar-refractivity contribution < 1.29 is 17.5 Å². The van der Waals surface area contributed by atoms with Crippen LogP contribution in [-0.2, 0) is 10.1 Å². The van der Waals surface area contributed by atoms with Crippen LogP contribution in [0.4, 0.5) is 11.4 Å². The monoisotopic (exact) mass is 423 g/mol. The van der Waals surface area contributed by atoms with E-state index in [1.54, 1.807) is 12.1 Å². The Balaban J connectivity index is 2.22. The quantitative estimate of drug-likeness (QED) is 0.227. The Hall–Kier alpha value is -3.23. The van der Waals surface area contributed by atoms with Gasteiger partial charge in [-0.1, -0.05) is 6.07 Å². The number of aryl methyl sites for hydroxylation is 1. The van der Waals surface area contributed by atoms with Gasteiger partial charge in [-0.2, -0.15) is 8.42 Å². The number of hydrogen-bond donors (Lipinski definition) is 2.